The fraction of sp³-hybridized carbons (Fsp3) is 0.212. The van der Waals surface area contributed by atoms with Gasteiger partial charge in [-0.1, -0.05) is 90.5 Å². The molecule has 0 fully saturated rings. The summed E-state index contributed by atoms with van der Waals surface area (Å²) in [4.78, 5) is 1.97. The number of fused-ring (bicyclic) bond motifs is 1. The summed E-state index contributed by atoms with van der Waals surface area (Å²) in [5, 5.41) is 0.379. The molecule has 1 aliphatic rings. The van der Waals surface area contributed by atoms with Gasteiger partial charge < -0.3 is 14.2 Å². The molecule has 1 aliphatic heterocycles. The van der Waals surface area contributed by atoms with Crippen molar-refractivity contribution in [3.05, 3.63) is 136 Å². The first-order valence-corrected chi connectivity index (χ1v) is 16.0. The van der Waals surface area contributed by atoms with Gasteiger partial charge in [0.25, 0.3) is 0 Å². The summed E-state index contributed by atoms with van der Waals surface area (Å²) in [6.07, 6.45) is -2.01. The summed E-state index contributed by atoms with van der Waals surface area (Å²) in [6, 6.07) is 29.1. The summed E-state index contributed by atoms with van der Waals surface area (Å²) >= 11 is 6.29. The summed E-state index contributed by atoms with van der Waals surface area (Å²) in [5.41, 5.74) is 3.30. The maximum Gasteiger partial charge on any atom is 0.417 e. The lowest BCUT2D eigenvalue weighted by atomic mass is 9.98. The van der Waals surface area contributed by atoms with Crippen molar-refractivity contribution in [3.63, 3.8) is 0 Å². The van der Waals surface area contributed by atoms with Crippen LogP contribution >= 0.6 is 19.0 Å². The molecule has 0 saturated heterocycles. The van der Waals surface area contributed by atoms with E-state index in [2.05, 4.69) is 0 Å². The van der Waals surface area contributed by atoms with E-state index < -0.39 is 19.1 Å². The van der Waals surface area contributed by atoms with Gasteiger partial charge in [-0.15, -0.1) is 0 Å². The Morgan fingerprint density at radius 3 is 2.29 bits per heavy atom. The van der Waals surface area contributed by atoms with E-state index in [1.54, 1.807) is 18.8 Å². The number of ether oxygens (including phenoxy) is 1. The van der Waals surface area contributed by atoms with E-state index in [0.717, 1.165) is 28.3 Å². The molecule has 4 aromatic carbocycles. The normalized spacial score (nSPS) is 16.1. The molecular weight excluding hydrogens is 582 g/mol. The first-order valence-electron chi connectivity index (χ1n) is 13.5. The van der Waals surface area contributed by atoms with E-state index in [4.69, 9.17) is 20.9 Å². The van der Waals surface area contributed by atoms with Crippen LogP contribution in [0.4, 0.5) is 13.2 Å². The third-order valence-electron chi connectivity index (χ3n) is 7.06. The Morgan fingerprint density at radius 2 is 1.64 bits per heavy atom. The van der Waals surface area contributed by atoms with Gasteiger partial charge in [-0.2, -0.15) is 13.2 Å². The Morgan fingerprint density at radius 1 is 0.976 bits per heavy atom. The molecule has 4 aromatic rings. The Kier molecular flexibility index (Phi) is 9.12. The molecule has 1 atom stereocenters. The van der Waals surface area contributed by atoms with Crippen molar-refractivity contribution in [3.8, 4) is 5.75 Å². The Bertz CT molecular complexity index is 1570. The topological polar surface area (TPSA) is 38.8 Å². The zero-order valence-electron chi connectivity index (χ0n) is 23.0. The number of benzene rings is 4. The van der Waals surface area contributed by atoms with Crippen molar-refractivity contribution < 1.29 is 27.0 Å². The molecule has 0 radical (unpaired) electrons. The van der Waals surface area contributed by atoms with Gasteiger partial charge in [0.15, 0.2) is 0 Å². The zero-order valence-corrected chi connectivity index (χ0v) is 24.6. The van der Waals surface area contributed by atoms with Gasteiger partial charge in [-0.3, -0.25) is 4.57 Å². The standard InChI is InChI=1S/C33H30ClF3NO3P/c1-42(39)31-20-28(17-16-27(31)23-41-42)40-19-9-18-38(21-26-14-8-15-30(32(26)34)33(35,36)37)22-29(24-10-4-2-5-11-24)25-12-6-3-7-13-25/h2-8,10-17,20,22H,9,18-19,21,23H2,1H3. The third kappa shape index (κ3) is 7.09. The molecule has 0 aromatic heterocycles. The van der Waals surface area contributed by atoms with E-state index in [0.29, 0.717) is 42.8 Å². The molecule has 0 N–H and O–H groups in total. The minimum Gasteiger partial charge on any atom is -0.494 e. The van der Waals surface area contributed by atoms with Crippen molar-refractivity contribution >= 4 is 29.8 Å². The second-order valence-electron chi connectivity index (χ2n) is 10.1. The van der Waals surface area contributed by atoms with Crippen LogP contribution in [0.5, 0.6) is 5.75 Å². The van der Waals surface area contributed by atoms with Crippen LogP contribution in [0.3, 0.4) is 0 Å². The average Bonchev–Trinajstić information content (AvgIpc) is 3.28. The van der Waals surface area contributed by atoms with E-state index in [-0.39, 0.29) is 11.6 Å². The second kappa shape index (κ2) is 12.8. The molecule has 0 aliphatic carbocycles. The highest BCUT2D eigenvalue weighted by molar-refractivity contribution is 7.66. The first-order chi connectivity index (χ1) is 20.1. The van der Waals surface area contributed by atoms with Crippen molar-refractivity contribution in [2.45, 2.75) is 25.7 Å². The SMILES string of the molecule is CP1(=O)OCc2ccc(OCCCN(C=C(c3ccccc3)c3ccccc3)Cc3cccc(C(F)(F)F)c3Cl)cc21. The van der Waals surface area contributed by atoms with Crippen LogP contribution < -0.4 is 10.0 Å². The molecule has 4 nitrogen and oxygen atoms in total. The number of hydrogen-bond donors (Lipinski definition) is 0. The summed E-state index contributed by atoms with van der Waals surface area (Å²) in [6.45, 7) is 2.92. The molecule has 0 bridgehead atoms. The van der Waals surface area contributed by atoms with Gasteiger partial charge >= 0.3 is 6.18 Å². The van der Waals surface area contributed by atoms with Gasteiger partial charge in [0.1, 0.15) is 5.75 Å². The molecule has 5 rings (SSSR count). The molecule has 1 heterocycles. The van der Waals surface area contributed by atoms with Gasteiger partial charge in [0.05, 0.1) is 23.8 Å². The Labute approximate surface area is 248 Å². The van der Waals surface area contributed by atoms with E-state index in [9.17, 15) is 17.7 Å². The number of halogens is 4. The second-order valence-corrected chi connectivity index (χ2v) is 12.9. The average molecular weight is 612 g/mol. The monoisotopic (exact) mass is 611 g/mol. The van der Waals surface area contributed by atoms with Crippen LogP contribution in [-0.4, -0.2) is 24.7 Å². The maximum atomic E-state index is 13.6. The fourth-order valence-electron chi connectivity index (χ4n) is 4.92. The van der Waals surface area contributed by atoms with Gasteiger partial charge in [-0.05, 0) is 46.9 Å². The molecule has 42 heavy (non-hydrogen) atoms. The van der Waals surface area contributed by atoms with Crippen LogP contribution in [0.25, 0.3) is 5.57 Å². The van der Waals surface area contributed by atoms with Crippen LogP contribution in [0, 0.1) is 0 Å². The largest absolute Gasteiger partial charge is 0.494 e. The smallest absolute Gasteiger partial charge is 0.417 e. The zero-order chi connectivity index (χ0) is 29.7. The van der Waals surface area contributed by atoms with Crippen molar-refractivity contribution in [2.75, 3.05) is 19.8 Å². The molecule has 0 amide bonds. The predicted octanol–water partition coefficient (Wildman–Crippen LogP) is 8.78. The minimum atomic E-state index is -4.55. The van der Waals surface area contributed by atoms with Gasteiger partial charge in [0.2, 0.25) is 7.37 Å². The fourth-order valence-corrected chi connectivity index (χ4v) is 6.76. The van der Waals surface area contributed by atoms with Crippen molar-refractivity contribution in [1.82, 2.24) is 4.90 Å². The van der Waals surface area contributed by atoms with E-state index >= 15 is 0 Å². The summed E-state index contributed by atoms with van der Waals surface area (Å²) in [7, 11) is -2.84. The lowest BCUT2D eigenvalue weighted by Gasteiger charge is -2.24. The van der Waals surface area contributed by atoms with Crippen LogP contribution in [0.15, 0.2) is 103 Å². The van der Waals surface area contributed by atoms with Crippen molar-refractivity contribution in [2.24, 2.45) is 0 Å². The predicted molar refractivity (Wildman–Crippen MR) is 161 cm³/mol. The van der Waals surface area contributed by atoms with Crippen LogP contribution in [0.1, 0.15) is 34.2 Å². The van der Waals surface area contributed by atoms with E-state index in [1.165, 1.54) is 6.07 Å². The quantitative estimate of drug-likeness (QED) is 0.133. The Hall–Kier alpha value is -3.51. The Balaban J connectivity index is 1.41. The molecule has 218 valence electrons. The number of rotatable bonds is 10. The highest BCUT2D eigenvalue weighted by Gasteiger charge is 2.34. The number of hydrogen-bond acceptors (Lipinski definition) is 4. The van der Waals surface area contributed by atoms with Gasteiger partial charge in [0, 0.05) is 36.8 Å². The summed E-state index contributed by atoms with van der Waals surface area (Å²) < 4.78 is 64.9. The maximum absolute atomic E-state index is 13.6. The highest BCUT2D eigenvalue weighted by Crippen LogP contribution is 2.48. The summed E-state index contributed by atoms with van der Waals surface area (Å²) in [5.74, 6) is 0.596. The van der Waals surface area contributed by atoms with Gasteiger partial charge in [-0.25, -0.2) is 0 Å². The molecule has 9 heteroatoms. The number of nitrogens with zero attached hydrogens (tertiary/aromatic N) is 1. The molecular formula is C33H30ClF3NO3P. The lowest BCUT2D eigenvalue weighted by molar-refractivity contribution is -0.137. The molecule has 1 unspecified atom stereocenters. The van der Waals surface area contributed by atoms with Crippen molar-refractivity contribution in [1.29, 1.82) is 0 Å². The van der Waals surface area contributed by atoms with Crippen LogP contribution in [0.2, 0.25) is 5.02 Å². The first kappa shape index (κ1) is 30.0. The minimum absolute atomic E-state index is 0.168. The van der Waals surface area contributed by atoms with E-state index in [1.807, 2.05) is 83.9 Å². The third-order valence-corrected chi connectivity index (χ3v) is 9.42. The molecule has 0 spiro atoms. The lowest BCUT2D eigenvalue weighted by Crippen LogP contribution is -2.22. The highest BCUT2D eigenvalue weighted by atomic mass is 35.5. The number of alkyl halides is 3. The molecule has 0 saturated carbocycles. The van der Waals surface area contributed by atoms with Crippen LogP contribution in [-0.2, 0) is 28.4 Å².